The molecule has 1 fully saturated rings. The maximum atomic E-state index is 11.8. The van der Waals surface area contributed by atoms with Gasteiger partial charge in [0.25, 0.3) is 5.88 Å². The van der Waals surface area contributed by atoms with Crippen molar-refractivity contribution < 1.29 is 23.8 Å². The lowest BCUT2D eigenvalue weighted by atomic mass is 10.2. The Labute approximate surface area is 147 Å². The molecule has 0 aliphatic heterocycles. The summed E-state index contributed by atoms with van der Waals surface area (Å²) in [5, 5.41) is 10.6. The second-order valence-electron chi connectivity index (χ2n) is 8.15. The number of aromatic nitrogens is 3. The molecule has 1 heterocycles. The quantitative estimate of drug-likeness (QED) is 0.829. The number of carbonyl (C=O) groups is 2. The lowest BCUT2D eigenvalue weighted by Gasteiger charge is -2.21. The Bertz CT molecular complexity index is 638. The van der Waals surface area contributed by atoms with Crippen LogP contribution in [0.5, 0.6) is 5.88 Å². The second kappa shape index (κ2) is 6.53. The highest BCUT2D eigenvalue weighted by Gasteiger charge is 2.46. The Hall–Kier alpha value is -2.32. The summed E-state index contributed by atoms with van der Waals surface area (Å²) in [6.07, 6.45) is 1.87. The Morgan fingerprint density at radius 2 is 1.76 bits per heavy atom. The van der Waals surface area contributed by atoms with Crippen LogP contribution in [0.2, 0.25) is 0 Å². The fraction of sp³-hybridized carbons (Fsp3) is 0.750. The third kappa shape index (κ3) is 5.91. The molecule has 1 aromatic heterocycles. The maximum absolute atomic E-state index is 11.8. The molecule has 1 aliphatic carbocycles. The van der Waals surface area contributed by atoms with Gasteiger partial charge in [0.15, 0.2) is 0 Å². The number of amides is 1. The molecule has 1 saturated carbocycles. The number of ether oxygens (including phenoxy) is 3. The van der Waals surface area contributed by atoms with Gasteiger partial charge in [-0.1, -0.05) is 10.3 Å². The molecule has 25 heavy (non-hydrogen) atoms. The van der Waals surface area contributed by atoms with Crippen LogP contribution in [-0.2, 0) is 15.0 Å². The summed E-state index contributed by atoms with van der Waals surface area (Å²) in [4.78, 5) is 23.4. The molecular weight excluding hydrogens is 328 g/mol. The average molecular weight is 354 g/mol. The van der Waals surface area contributed by atoms with Gasteiger partial charge in [-0.05, 0) is 54.4 Å². The fourth-order valence-electron chi connectivity index (χ4n) is 2.07. The molecule has 0 radical (unpaired) electrons. The van der Waals surface area contributed by atoms with Crippen molar-refractivity contribution >= 4 is 12.2 Å². The van der Waals surface area contributed by atoms with Gasteiger partial charge in [-0.25, -0.2) is 14.3 Å². The first-order valence-corrected chi connectivity index (χ1v) is 8.19. The molecule has 1 N–H and O–H groups in total. The van der Waals surface area contributed by atoms with Gasteiger partial charge < -0.3 is 19.5 Å². The summed E-state index contributed by atoms with van der Waals surface area (Å²) in [7, 11) is 0. The summed E-state index contributed by atoms with van der Waals surface area (Å²) in [5.41, 5.74) is -1.57. The van der Waals surface area contributed by atoms with Crippen molar-refractivity contribution in [1.29, 1.82) is 0 Å². The topological polar surface area (TPSA) is 105 Å². The minimum atomic E-state index is -0.837. The summed E-state index contributed by atoms with van der Waals surface area (Å²) >= 11 is 0. The number of nitrogens with one attached hydrogen (secondary N) is 1. The van der Waals surface area contributed by atoms with E-state index < -0.39 is 23.5 Å². The van der Waals surface area contributed by atoms with E-state index >= 15 is 0 Å². The van der Waals surface area contributed by atoms with Crippen molar-refractivity contribution in [2.75, 3.05) is 6.54 Å². The van der Waals surface area contributed by atoms with Crippen molar-refractivity contribution in [2.24, 2.45) is 0 Å². The van der Waals surface area contributed by atoms with E-state index in [0.717, 1.165) is 12.8 Å². The molecule has 0 saturated heterocycles. The number of nitrogens with zero attached hydrogens (tertiary/aromatic N) is 3. The highest BCUT2D eigenvalue weighted by Crippen LogP contribution is 2.42. The van der Waals surface area contributed by atoms with Gasteiger partial charge in [-0.15, -0.1) is 0 Å². The van der Waals surface area contributed by atoms with Crippen molar-refractivity contribution in [1.82, 2.24) is 20.3 Å². The van der Waals surface area contributed by atoms with Crippen LogP contribution >= 0.6 is 0 Å². The first kappa shape index (κ1) is 19.0. The Kier molecular flexibility index (Phi) is 4.97. The number of hydrogen-bond acceptors (Lipinski definition) is 7. The lowest BCUT2D eigenvalue weighted by molar-refractivity contribution is 0.0196. The molecular formula is C16H26N4O5. The minimum Gasteiger partial charge on any atom is -0.444 e. The van der Waals surface area contributed by atoms with Gasteiger partial charge in [0.05, 0.1) is 11.7 Å². The van der Waals surface area contributed by atoms with Crippen LogP contribution in [-0.4, -0.2) is 45.0 Å². The van der Waals surface area contributed by atoms with Gasteiger partial charge in [0.2, 0.25) is 0 Å². The van der Waals surface area contributed by atoms with Crippen LogP contribution in [0.25, 0.3) is 0 Å². The molecule has 9 nitrogen and oxygen atoms in total. The van der Waals surface area contributed by atoms with E-state index in [2.05, 4.69) is 15.6 Å². The molecule has 2 rings (SSSR count). The van der Waals surface area contributed by atoms with Gasteiger partial charge >= 0.3 is 12.2 Å². The average Bonchev–Trinajstić information content (AvgIpc) is 3.05. The van der Waals surface area contributed by atoms with E-state index in [1.165, 1.54) is 6.20 Å². The highest BCUT2D eigenvalue weighted by atomic mass is 16.7. The Morgan fingerprint density at radius 1 is 1.16 bits per heavy atom. The zero-order valence-electron chi connectivity index (χ0n) is 15.6. The molecule has 1 amide bonds. The number of hydrogen-bond donors (Lipinski definition) is 1. The molecule has 0 aromatic carbocycles. The van der Waals surface area contributed by atoms with Crippen molar-refractivity contribution in [3.05, 3.63) is 6.20 Å². The van der Waals surface area contributed by atoms with E-state index in [1.807, 2.05) is 0 Å². The number of carbonyl (C=O) groups excluding carboxylic acids is 2. The first-order valence-electron chi connectivity index (χ1n) is 8.19. The van der Waals surface area contributed by atoms with Crippen LogP contribution in [0.15, 0.2) is 6.20 Å². The molecule has 1 aliphatic rings. The largest absolute Gasteiger partial charge is 0.515 e. The van der Waals surface area contributed by atoms with Gasteiger partial charge in [-0.2, -0.15) is 0 Å². The van der Waals surface area contributed by atoms with Crippen molar-refractivity contribution in [3.8, 4) is 5.88 Å². The fourth-order valence-corrected chi connectivity index (χ4v) is 2.07. The van der Waals surface area contributed by atoms with E-state index in [0.29, 0.717) is 6.54 Å². The zero-order valence-corrected chi connectivity index (χ0v) is 15.6. The molecule has 0 atom stereocenters. The smallest absolute Gasteiger partial charge is 0.444 e. The van der Waals surface area contributed by atoms with Gasteiger partial charge in [-0.3, -0.25) is 0 Å². The van der Waals surface area contributed by atoms with Crippen LogP contribution in [0.3, 0.4) is 0 Å². The number of rotatable bonds is 4. The standard InChI is InChI=1S/C16H26N4O5/c1-14(2,3)24-12(21)17-10-16(7-8-16)20-9-11(18-19-20)23-13(22)25-15(4,5)6/h9H,7-8,10H2,1-6H3,(H,17,21). The monoisotopic (exact) mass is 354 g/mol. The van der Waals surface area contributed by atoms with Crippen LogP contribution in [0.1, 0.15) is 54.4 Å². The van der Waals surface area contributed by atoms with Gasteiger partial charge in [0.1, 0.15) is 11.2 Å². The van der Waals surface area contributed by atoms with Crippen molar-refractivity contribution in [3.63, 3.8) is 0 Å². The third-order valence-electron chi connectivity index (χ3n) is 3.32. The lowest BCUT2D eigenvalue weighted by Crippen LogP contribution is -2.39. The molecule has 0 unspecified atom stereocenters. The van der Waals surface area contributed by atoms with Crippen LogP contribution in [0.4, 0.5) is 9.59 Å². The normalized spacial score (nSPS) is 16.1. The molecule has 1 aromatic rings. The van der Waals surface area contributed by atoms with E-state index in [4.69, 9.17) is 14.2 Å². The molecule has 140 valence electrons. The molecule has 0 bridgehead atoms. The van der Waals surface area contributed by atoms with E-state index in [-0.39, 0.29) is 11.4 Å². The Balaban J connectivity index is 1.90. The summed E-state index contributed by atoms with van der Waals surface area (Å²) < 4.78 is 16.9. The summed E-state index contributed by atoms with van der Waals surface area (Å²) in [6.45, 7) is 11.0. The predicted octanol–water partition coefficient (Wildman–Crippen LogP) is 2.61. The molecule has 0 spiro atoms. The van der Waals surface area contributed by atoms with Crippen LogP contribution in [0, 0.1) is 0 Å². The minimum absolute atomic E-state index is 0.0535. The zero-order chi connectivity index (χ0) is 18.9. The van der Waals surface area contributed by atoms with E-state index in [9.17, 15) is 9.59 Å². The molecule has 9 heteroatoms. The SMILES string of the molecule is CC(C)(C)OC(=O)NCC1(n2cc(OC(=O)OC(C)(C)C)nn2)CC1. The van der Waals surface area contributed by atoms with Gasteiger partial charge in [0, 0.05) is 6.54 Å². The summed E-state index contributed by atoms with van der Waals surface area (Å²) in [5.74, 6) is 0.0535. The highest BCUT2D eigenvalue weighted by molar-refractivity contribution is 5.67. The van der Waals surface area contributed by atoms with E-state index in [1.54, 1.807) is 46.2 Å². The third-order valence-corrected chi connectivity index (χ3v) is 3.32. The van der Waals surface area contributed by atoms with Crippen LogP contribution < -0.4 is 10.1 Å². The Morgan fingerprint density at radius 3 is 2.28 bits per heavy atom. The predicted molar refractivity (Wildman–Crippen MR) is 88.3 cm³/mol. The first-order chi connectivity index (χ1) is 11.4. The summed E-state index contributed by atoms with van der Waals surface area (Å²) in [6, 6.07) is 0. The number of alkyl carbamates (subject to hydrolysis) is 1. The van der Waals surface area contributed by atoms with Crippen molar-refractivity contribution in [2.45, 2.75) is 71.1 Å². The second-order valence-corrected chi connectivity index (χ2v) is 8.15. The maximum Gasteiger partial charge on any atom is 0.515 e.